The van der Waals surface area contributed by atoms with Crippen LogP contribution in [0.3, 0.4) is 0 Å². The number of rotatable bonds is 1. The summed E-state index contributed by atoms with van der Waals surface area (Å²) in [6.07, 6.45) is 0. The van der Waals surface area contributed by atoms with Crippen LogP contribution in [-0.4, -0.2) is 4.98 Å². The van der Waals surface area contributed by atoms with Crippen molar-refractivity contribution in [1.29, 1.82) is 0 Å². The molecule has 1 aromatic heterocycles. The van der Waals surface area contributed by atoms with Crippen molar-refractivity contribution >= 4 is 11.1 Å². The third kappa shape index (κ3) is 1.62. The Morgan fingerprint density at radius 2 is 1.71 bits per heavy atom. The molecule has 0 atom stereocenters. The van der Waals surface area contributed by atoms with Crippen LogP contribution >= 0.6 is 0 Å². The Morgan fingerprint density at radius 3 is 2.47 bits per heavy atom. The molecule has 0 bridgehead atoms. The van der Waals surface area contributed by atoms with Gasteiger partial charge in [-0.15, -0.1) is 0 Å². The van der Waals surface area contributed by atoms with E-state index in [2.05, 4.69) is 24.9 Å². The molecule has 0 saturated heterocycles. The van der Waals surface area contributed by atoms with E-state index < -0.39 is 0 Å². The number of benzene rings is 2. The van der Waals surface area contributed by atoms with Crippen LogP contribution in [-0.2, 0) is 0 Å². The Bertz CT molecular complexity index is 668. The molecule has 2 heteroatoms. The van der Waals surface area contributed by atoms with Gasteiger partial charge in [0.1, 0.15) is 5.52 Å². The zero-order valence-electron chi connectivity index (χ0n) is 9.90. The maximum absolute atomic E-state index is 5.85. The molecule has 0 saturated carbocycles. The standard InChI is InChI=1S/C15H13NO/c1-10-8-9-13-14(11(10)2)17-15(16-13)12-6-4-3-5-7-12/h3-9H,1-2H3. The molecule has 17 heavy (non-hydrogen) atoms. The minimum atomic E-state index is 0.689. The lowest BCUT2D eigenvalue weighted by atomic mass is 10.1. The van der Waals surface area contributed by atoms with Crippen LogP contribution in [0.15, 0.2) is 46.9 Å². The van der Waals surface area contributed by atoms with E-state index in [1.807, 2.05) is 36.4 Å². The van der Waals surface area contributed by atoms with E-state index >= 15 is 0 Å². The molecule has 0 aliphatic rings. The molecular formula is C15H13NO. The fraction of sp³-hybridized carbons (Fsp3) is 0.133. The van der Waals surface area contributed by atoms with Crippen LogP contribution in [0.5, 0.6) is 0 Å². The van der Waals surface area contributed by atoms with Gasteiger partial charge in [0.15, 0.2) is 5.58 Å². The third-order valence-corrected chi connectivity index (χ3v) is 3.10. The zero-order chi connectivity index (χ0) is 11.8. The van der Waals surface area contributed by atoms with E-state index in [1.54, 1.807) is 0 Å². The molecule has 2 nitrogen and oxygen atoms in total. The Kier molecular flexibility index (Phi) is 2.22. The van der Waals surface area contributed by atoms with Crippen LogP contribution in [0, 0.1) is 13.8 Å². The Labute approximate surface area is 99.9 Å². The van der Waals surface area contributed by atoms with Gasteiger partial charge in [0.25, 0.3) is 0 Å². The van der Waals surface area contributed by atoms with Gasteiger partial charge < -0.3 is 4.42 Å². The molecule has 84 valence electrons. The molecule has 0 spiro atoms. The van der Waals surface area contributed by atoms with E-state index in [-0.39, 0.29) is 0 Å². The molecule has 0 amide bonds. The fourth-order valence-corrected chi connectivity index (χ4v) is 1.93. The fourth-order valence-electron chi connectivity index (χ4n) is 1.93. The highest BCUT2D eigenvalue weighted by atomic mass is 16.3. The summed E-state index contributed by atoms with van der Waals surface area (Å²) in [4.78, 5) is 4.52. The van der Waals surface area contributed by atoms with Crippen molar-refractivity contribution in [2.75, 3.05) is 0 Å². The second kappa shape index (κ2) is 3.74. The summed E-state index contributed by atoms with van der Waals surface area (Å²) in [6, 6.07) is 14.1. The molecule has 0 fully saturated rings. The Hall–Kier alpha value is -2.09. The summed E-state index contributed by atoms with van der Waals surface area (Å²) in [5, 5.41) is 0. The number of oxazole rings is 1. The second-order valence-electron chi connectivity index (χ2n) is 4.24. The zero-order valence-corrected chi connectivity index (χ0v) is 9.90. The maximum Gasteiger partial charge on any atom is 0.227 e. The summed E-state index contributed by atoms with van der Waals surface area (Å²) in [5.41, 5.74) is 5.22. The first-order valence-corrected chi connectivity index (χ1v) is 5.68. The van der Waals surface area contributed by atoms with Crippen molar-refractivity contribution in [2.24, 2.45) is 0 Å². The third-order valence-electron chi connectivity index (χ3n) is 3.10. The van der Waals surface area contributed by atoms with Gasteiger partial charge in [0.05, 0.1) is 0 Å². The van der Waals surface area contributed by atoms with Crippen molar-refractivity contribution < 1.29 is 4.42 Å². The maximum atomic E-state index is 5.85. The second-order valence-corrected chi connectivity index (χ2v) is 4.24. The molecule has 3 aromatic rings. The van der Waals surface area contributed by atoms with Gasteiger partial charge in [0.2, 0.25) is 5.89 Å². The van der Waals surface area contributed by atoms with E-state index in [0.29, 0.717) is 5.89 Å². The van der Waals surface area contributed by atoms with Gasteiger partial charge in [0, 0.05) is 5.56 Å². The van der Waals surface area contributed by atoms with Crippen molar-refractivity contribution in [3.05, 3.63) is 53.6 Å². The number of nitrogens with zero attached hydrogens (tertiary/aromatic N) is 1. The highest BCUT2D eigenvalue weighted by molar-refractivity contribution is 5.80. The molecule has 0 aliphatic heterocycles. The number of hydrogen-bond donors (Lipinski definition) is 0. The van der Waals surface area contributed by atoms with E-state index in [4.69, 9.17) is 4.42 Å². The lowest BCUT2D eigenvalue weighted by Gasteiger charge is -1.97. The molecule has 0 N–H and O–H groups in total. The van der Waals surface area contributed by atoms with Crippen LogP contribution in [0.1, 0.15) is 11.1 Å². The van der Waals surface area contributed by atoms with Gasteiger partial charge in [-0.25, -0.2) is 4.98 Å². The highest BCUT2D eigenvalue weighted by Crippen LogP contribution is 2.27. The normalized spacial score (nSPS) is 10.9. The predicted molar refractivity (Wildman–Crippen MR) is 68.9 cm³/mol. The van der Waals surface area contributed by atoms with Crippen LogP contribution in [0.25, 0.3) is 22.6 Å². The quantitative estimate of drug-likeness (QED) is 0.620. The monoisotopic (exact) mass is 223 g/mol. The van der Waals surface area contributed by atoms with Crippen LogP contribution in [0.4, 0.5) is 0 Å². The van der Waals surface area contributed by atoms with Crippen molar-refractivity contribution in [1.82, 2.24) is 4.98 Å². The SMILES string of the molecule is Cc1ccc2nc(-c3ccccc3)oc2c1C. The molecule has 0 unspecified atom stereocenters. The predicted octanol–water partition coefficient (Wildman–Crippen LogP) is 4.11. The molecule has 2 aromatic carbocycles. The van der Waals surface area contributed by atoms with Crippen molar-refractivity contribution in [3.63, 3.8) is 0 Å². The lowest BCUT2D eigenvalue weighted by molar-refractivity contribution is 0.617. The van der Waals surface area contributed by atoms with Crippen molar-refractivity contribution in [2.45, 2.75) is 13.8 Å². The van der Waals surface area contributed by atoms with E-state index in [1.165, 1.54) is 5.56 Å². The number of aromatic nitrogens is 1. The summed E-state index contributed by atoms with van der Waals surface area (Å²) in [7, 11) is 0. The van der Waals surface area contributed by atoms with Gasteiger partial charge in [-0.2, -0.15) is 0 Å². The summed E-state index contributed by atoms with van der Waals surface area (Å²) in [6.45, 7) is 4.15. The largest absolute Gasteiger partial charge is 0.436 e. The number of aryl methyl sites for hydroxylation is 2. The van der Waals surface area contributed by atoms with E-state index in [0.717, 1.165) is 22.2 Å². The summed E-state index contributed by atoms with van der Waals surface area (Å²) < 4.78 is 5.85. The topological polar surface area (TPSA) is 26.0 Å². The minimum absolute atomic E-state index is 0.689. The van der Waals surface area contributed by atoms with Gasteiger partial charge >= 0.3 is 0 Å². The minimum Gasteiger partial charge on any atom is -0.436 e. The van der Waals surface area contributed by atoms with E-state index in [9.17, 15) is 0 Å². The smallest absolute Gasteiger partial charge is 0.227 e. The summed E-state index contributed by atoms with van der Waals surface area (Å²) >= 11 is 0. The number of hydrogen-bond acceptors (Lipinski definition) is 2. The molecule has 0 radical (unpaired) electrons. The summed E-state index contributed by atoms with van der Waals surface area (Å²) in [5.74, 6) is 0.689. The first-order valence-electron chi connectivity index (χ1n) is 5.68. The van der Waals surface area contributed by atoms with Crippen LogP contribution < -0.4 is 0 Å². The Morgan fingerprint density at radius 1 is 0.941 bits per heavy atom. The first kappa shape index (κ1) is 10.1. The van der Waals surface area contributed by atoms with Gasteiger partial charge in [-0.1, -0.05) is 24.3 Å². The molecule has 3 rings (SSSR count). The Balaban J connectivity index is 2.24. The molecular weight excluding hydrogens is 210 g/mol. The molecule has 1 heterocycles. The molecule has 0 aliphatic carbocycles. The lowest BCUT2D eigenvalue weighted by Crippen LogP contribution is -1.79. The van der Waals surface area contributed by atoms with Gasteiger partial charge in [-0.05, 0) is 43.2 Å². The van der Waals surface area contributed by atoms with Crippen LogP contribution in [0.2, 0.25) is 0 Å². The van der Waals surface area contributed by atoms with Gasteiger partial charge in [-0.3, -0.25) is 0 Å². The average molecular weight is 223 g/mol. The highest BCUT2D eigenvalue weighted by Gasteiger charge is 2.10. The first-order chi connectivity index (χ1) is 8.25. The number of fused-ring (bicyclic) bond motifs is 1. The van der Waals surface area contributed by atoms with Crippen molar-refractivity contribution in [3.8, 4) is 11.5 Å². The average Bonchev–Trinajstić information content (AvgIpc) is 2.80.